The zero-order valence-electron chi connectivity index (χ0n) is 17.2. The molecule has 0 amide bonds. The minimum absolute atomic E-state index is 0.0908. The highest BCUT2D eigenvalue weighted by atomic mass is 16.6. The van der Waals surface area contributed by atoms with Crippen LogP contribution in [0.15, 0.2) is 75.1 Å². The van der Waals surface area contributed by atoms with Crippen LogP contribution in [0.3, 0.4) is 0 Å². The van der Waals surface area contributed by atoms with Crippen molar-refractivity contribution in [3.63, 3.8) is 0 Å². The predicted octanol–water partition coefficient (Wildman–Crippen LogP) is 7.36. The van der Waals surface area contributed by atoms with Gasteiger partial charge in [-0.2, -0.15) is 5.11 Å². The largest absolute Gasteiger partial charge is 0.494 e. The molecule has 0 aliphatic rings. The van der Waals surface area contributed by atoms with E-state index in [9.17, 15) is 10.1 Å². The van der Waals surface area contributed by atoms with E-state index < -0.39 is 4.92 Å². The van der Waals surface area contributed by atoms with Gasteiger partial charge in [0.1, 0.15) is 11.4 Å². The maximum Gasteiger partial charge on any atom is 0.296 e. The molecule has 8 nitrogen and oxygen atoms in total. The second-order valence-electron chi connectivity index (χ2n) is 6.80. The number of nitrogens with zero attached hydrogens (tertiary/aromatic N) is 5. The number of benzene rings is 3. The van der Waals surface area contributed by atoms with E-state index in [-0.39, 0.29) is 11.4 Å². The summed E-state index contributed by atoms with van der Waals surface area (Å²) in [5, 5.41) is 28.1. The molecule has 0 saturated heterocycles. The molecule has 3 rings (SSSR count). The van der Waals surface area contributed by atoms with E-state index in [1.165, 1.54) is 13.2 Å². The fourth-order valence-electron chi connectivity index (χ4n) is 2.71. The van der Waals surface area contributed by atoms with E-state index in [4.69, 9.17) is 4.74 Å². The number of rotatable bonds is 6. The van der Waals surface area contributed by atoms with Crippen LogP contribution in [-0.2, 0) is 0 Å². The molecule has 0 aromatic heterocycles. The minimum Gasteiger partial charge on any atom is -0.494 e. The van der Waals surface area contributed by atoms with Crippen LogP contribution < -0.4 is 4.74 Å². The van der Waals surface area contributed by atoms with E-state index in [2.05, 4.69) is 20.5 Å². The summed E-state index contributed by atoms with van der Waals surface area (Å²) in [7, 11) is 1.53. The van der Waals surface area contributed by atoms with Gasteiger partial charge in [0.25, 0.3) is 5.69 Å². The number of hydrogen-bond donors (Lipinski definition) is 0. The third-order valence-electron chi connectivity index (χ3n) is 4.40. The Bertz CT molecular complexity index is 1140. The first kappa shape index (κ1) is 20.8. The summed E-state index contributed by atoms with van der Waals surface area (Å²) in [6.07, 6.45) is 0. The second-order valence-corrected chi connectivity index (χ2v) is 6.80. The smallest absolute Gasteiger partial charge is 0.296 e. The summed E-state index contributed by atoms with van der Waals surface area (Å²) in [6, 6.07) is 16.0. The summed E-state index contributed by atoms with van der Waals surface area (Å²) in [6.45, 7) is 5.64. The predicted molar refractivity (Wildman–Crippen MR) is 115 cm³/mol. The number of ether oxygens (including phenoxy) is 1. The van der Waals surface area contributed by atoms with Crippen molar-refractivity contribution in [2.75, 3.05) is 7.11 Å². The summed E-state index contributed by atoms with van der Waals surface area (Å²) in [4.78, 5) is 10.8. The van der Waals surface area contributed by atoms with Gasteiger partial charge in [-0.3, -0.25) is 10.1 Å². The lowest BCUT2D eigenvalue weighted by Gasteiger charge is -2.07. The SMILES string of the molecule is COc1cc(/N=N/c2ccc(C)cc2[N+](=O)[O-])c(C)cc1/N=N/c1ccc(C)cc1. The number of hydrogen-bond acceptors (Lipinski definition) is 7. The number of nitro benzene ring substituents is 1. The summed E-state index contributed by atoms with van der Waals surface area (Å²) in [5.41, 5.74) is 4.61. The van der Waals surface area contributed by atoms with E-state index in [1.54, 1.807) is 31.2 Å². The van der Waals surface area contributed by atoms with Crippen molar-refractivity contribution in [2.45, 2.75) is 20.8 Å². The minimum atomic E-state index is -0.469. The molecule has 0 unspecified atom stereocenters. The highest BCUT2D eigenvalue weighted by Crippen LogP contribution is 2.37. The molecule has 0 N–H and O–H groups in total. The van der Waals surface area contributed by atoms with Gasteiger partial charge in [-0.25, -0.2) is 0 Å². The third kappa shape index (κ3) is 4.91. The van der Waals surface area contributed by atoms with Crippen LogP contribution in [0.4, 0.5) is 28.4 Å². The second kappa shape index (κ2) is 9.04. The number of methoxy groups -OCH3 is 1. The van der Waals surface area contributed by atoms with Crippen molar-refractivity contribution in [2.24, 2.45) is 20.5 Å². The zero-order valence-corrected chi connectivity index (χ0v) is 17.2. The summed E-state index contributed by atoms with van der Waals surface area (Å²) < 4.78 is 5.41. The Kier molecular flexibility index (Phi) is 6.26. The Morgan fingerprint density at radius 3 is 2.07 bits per heavy atom. The average molecular weight is 403 g/mol. The zero-order chi connectivity index (χ0) is 21.7. The van der Waals surface area contributed by atoms with E-state index >= 15 is 0 Å². The third-order valence-corrected chi connectivity index (χ3v) is 4.40. The van der Waals surface area contributed by atoms with Crippen LogP contribution in [0.2, 0.25) is 0 Å². The molecule has 0 radical (unpaired) electrons. The topological polar surface area (TPSA) is 102 Å². The van der Waals surface area contributed by atoms with Crippen LogP contribution in [0.25, 0.3) is 0 Å². The van der Waals surface area contributed by atoms with Gasteiger partial charge in [-0.15, -0.1) is 15.3 Å². The fraction of sp³-hybridized carbons (Fsp3) is 0.182. The molecule has 0 aliphatic carbocycles. The Hall–Kier alpha value is -3.94. The van der Waals surface area contributed by atoms with Gasteiger partial charge in [0.15, 0.2) is 5.69 Å². The van der Waals surface area contributed by atoms with Crippen molar-refractivity contribution < 1.29 is 9.66 Å². The quantitative estimate of drug-likeness (QED) is 0.244. The van der Waals surface area contributed by atoms with Crippen molar-refractivity contribution in [3.05, 3.63) is 81.4 Å². The van der Waals surface area contributed by atoms with Gasteiger partial charge in [0.05, 0.1) is 23.4 Å². The van der Waals surface area contributed by atoms with E-state index in [0.29, 0.717) is 17.1 Å². The molecular weight excluding hydrogens is 382 g/mol. The van der Waals surface area contributed by atoms with Crippen molar-refractivity contribution in [1.82, 2.24) is 0 Å². The standard InChI is InChI=1S/C22H21N5O3/c1-14-5-8-17(9-6-14)23-26-20-12-16(3)19(13-22(20)30-4)25-24-18-10-7-15(2)11-21(18)27(28)29/h5-13H,1-4H3/b25-24+,26-23+. The molecule has 0 atom stereocenters. The molecule has 0 fully saturated rings. The highest BCUT2D eigenvalue weighted by Gasteiger charge is 2.14. The van der Waals surface area contributed by atoms with E-state index in [0.717, 1.165) is 22.4 Å². The van der Waals surface area contributed by atoms with Crippen LogP contribution in [0.5, 0.6) is 5.75 Å². The molecule has 30 heavy (non-hydrogen) atoms. The number of azo groups is 2. The van der Waals surface area contributed by atoms with Gasteiger partial charge in [-0.05, 0) is 56.2 Å². The Balaban J connectivity index is 1.92. The van der Waals surface area contributed by atoms with Crippen LogP contribution >= 0.6 is 0 Å². The van der Waals surface area contributed by atoms with Gasteiger partial charge in [0.2, 0.25) is 0 Å². The maximum atomic E-state index is 11.3. The summed E-state index contributed by atoms with van der Waals surface area (Å²) in [5.74, 6) is 0.476. The summed E-state index contributed by atoms with van der Waals surface area (Å²) >= 11 is 0. The monoisotopic (exact) mass is 403 g/mol. The first-order valence-electron chi connectivity index (χ1n) is 9.21. The maximum absolute atomic E-state index is 11.3. The lowest BCUT2D eigenvalue weighted by Crippen LogP contribution is -1.89. The molecule has 3 aromatic rings. The Morgan fingerprint density at radius 1 is 0.767 bits per heavy atom. The molecule has 0 aliphatic heterocycles. The van der Waals surface area contributed by atoms with Crippen molar-refractivity contribution >= 4 is 28.4 Å². The van der Waals surface area contributed by atoms with Crippen LogP contribution in [0, 0.1) is 30.9 Å². The highest BCUT2D eigenvalue weighted by molar-refractivity contribution is 5.64. The molecule has 152 valence electrons. The molecule has 0 saturated carbocycles. The Labute approximate surface area is 174 Å². The fourth-order valence-corrected chi connectivity index (χ4v) is 2.71. The lowest BCUT2D eigenvalue weighted by atomic mass is 10.1. The molecule has 3 aromatic carbocycles. The van der Waals surface area contributed by atoms with Crippen LogP contribution in [0.1, 0.15) is 16.7 Å². The first-order chi connectivity index (χ1) is 14.4. The van der Waals surface area contributed by atoms with Gasteiger partial charge < -0.3 is 4.74 Å². The van der Waals surface area contributed by atoms with Crippen LogP contribution in [-0.4, -0.2) is 12.0 Å². The molecule has 0 spiro atoms. The van der Waals surface area contributed by atoms with Gasteiger partial charge >= 0.3 is 0 Å². The Morgan fingerprint density at radius 2 is 1.40 bits per heavy atom. The molecule has 0 heterocycles. The van der Waals surface area contributed by atoms with Crippen molar-refractivity contribution in [3.8, 4) is 5.75 Å². The van der Waals surface area contributed by atoms with Gasteiger partial charge in [-0.1, -0.05) is 23.8 Å². The average Bonchev–Trinajstić information content (AvgIpc) is 2.73. The van der Waals surface area contributed by atoms with Crippen molar-refractivity contribution in [1.29, 1.82) is 0 Å². The first-order valence-corrected chi connectivity index (χ1v) is 9.21. The van der Waals surface area contributed by atoms with Gasteiger partial charge in [0, 0.05) is 12.1 Å². The number of aryl methyl sites for hydroxylation is 3. The molecule has 8 heteroatoms. The number of nitro groups is 1. The van der Waals surface area contributed by atoms with E-state index in [1.807, 2.05) is 38.1 Å². The molecular formula is C22H21N5O3. The molecule has 0 bridgehead atoms. The normalized spacial score (nSPS) is 11.3. The lowest BCUT2D eigenvalue weighted by molar-refractivity contribution is -0.384.